The SMILES string of the molecule is CCN(CC)C(CNC(=O)C1CCN(C(=O)Nc2ccccc2)CC1)c1ccsc1. The Balaban J connectivity index is 1.48. The van der Waals surface area contributed by atoms with Gasteiger partial charge in [-0.15, -0.1) is 0 Å². The van der Waals surface area contributed by atoms with E-state index in [1.54, 1.807) is 16.2 Å². The third kappa shape index (κ3) is 5.83. The van der Waals surface area contributed by atoms with Gasteiger partial charge in [0.1, 0.15) is 0 Å². The number of nitrogens with one attached hydrogen (secondary N) is 2. The molecule has 1 aromatic carbocycles. The average Bonchev–Trinajstić information content (AvgIpc) is 3.32. The highest BCUT2D eigenvalue weighted by molar-refractivity contribution is 7.07. The predicted octanol–water partition coefficient (Wildman–Crippen LogP) is 4.19. The Bertz CT molecular complexity index is 785. The molecule has 30 heavy (non-hydrogen) atoms. The fourth-order valence-electron chi connectivity index (χ4n) is 4.00. The lowest BCUT2D eigenvalue weighted by Gasteiger charge is -2.33. The van der Waals surface area contributed by atoms with E-state index in [2.05, 4.69) is 46.2 Å². The number of urea groups is 1. The van der Waals surface area contributed by atoms with Crippen molar-refractivity contribution in [2.24, 2.45) is 5.92 Å². The number of carbonyl (C=O) groups is 2. The highest BCUT2D eigenvalue weighted by Crippen LogP contribution is 2.23. The Labute approximate surface area is 183 Å². The third-order valence-electron chi connectivity index (χ3n) is 5.83. The first-order chi connectivity index (χ1) is 14.6. The molecule has 6 nitrogen and oxygen atoms in total. The van der Waals surface area contributed by atoms with Crippen molar-refractivity contribution in [2.75, 3.05) is 38.0 Å². The van der Waals surface area contributed by atoms with Gasteiger partial charge in [-0.25, -0.2) is 4.79 Å². The maximum absolute atomic E-state index is 12.8. The first-order valence-electron chi connectivity index (χ1n) is 10.8. The zero-order valence-electron chi connectivity index (χ0n) is 17.8. The second kappa shape index (κ2) is 11.1. The van der Waals surface area contributed by atoms with Crippen molar-refractivity contribution < 1.29 is 9.59 Å². The van der Waals surface area contributed by atoms with Crippen LogP contribution in [0.25, 0.3) is 0 Å². The quantitative estimate of drug-likeness (QED) is 0.663. The van der Waals surface area contributed by atoms with Gasteiger partial charge in [-0.1, -0.05) is 32.0 Å². The van der Waals surface area contributed by atoms with E-state index in [0.29, 0.717) is 32.5 Å². The van der Waals surface area contributed by atoms with Crippen LogP contribution in [0.2, 0.25) is 0 Å². The van der Waals surface area contributed by atoms with Crippen LogP contribution in [0.3, 0.4) is 0 Å². The van der Waals surface area contributed by atoms with E-state index in [0.717, 1.165) is 18.8 Å². The molecule has 0 radical (unpaired) electrons. The molecule has 1 aliphatic heterocycles. The van der Waals surface area contributed by atoms with E-state index in [1.165, 1.54) is 5.56 Å². The predicted molar refractivity (Wildman–Crippen MR) is 123 cm³/mol. The molecule has 1 saturated heterocycles. The van der Waals surface area contributed by atoms with Crippen LogP contribution in [-0.2, 0) is 4.79 Å². The lowest BCUT2D eigenvalue weighted by Crippen LogP contribution is -2.46. The van der Waals surface area contributed by atoms with E-state index in [4.69, 9.17) is 0 Å². The van der Waals surface area contributed by atoms with Crippen molar-refractivity contribution in [1.82, 2.24) is 15.1 Å². The molecule has 2 heterocycles. The number of thiophene rings is 1. The highest BCUT2D eigenvalue weighted by atomic mass is 32.1. The first-order valence-corrected chi connectivity index (χ1v) is 11.7. The van der Waals surface area contributed by atoms with Crippen molar-refractivity contribution in [3.63, 3.8) is 0 Å². The van der Waals surface area contributed by atoms with Gasteiger partial charge in [0.05, 0.1) is 6.04 Å². The van der Waals surface area contributed by atoms with Gasteiger partial charge in [-0.3, -0.25) is 9.69 Å². The summed E-state index contributed by atoms with van der Waals surface area (Å²) in [5, 5.41) is 10.4. The van der Waals surface area contributed by atoms with E-state index < -0.39 is 0 Å². The molecule has 0 saturated carbocycles. The number of hydrogen-bond acceptors (Lipinski definition) is 4. The number of likely N-dealkylation sites (tertiary alicyclic amines) is 1. The molecule has 2 aromatic rings. The van der Waals surface area contributed by atoms with Gasteiger partial charge in [0, 0.05) is 31.2 Å². The molecule has 0 bridgehead atoms. The zero-order valence-corrected chi connectivity index (χ0v) is 18.7. The van der Waals surface area contributed by atoms with Crippen molar-refractivity contribution in [2.45, 2.75) is 32.7 Å². The molecule has 1 aliphatic rings. The molecule has 3 amide bonds. The third-order valence-corrected chi connectivity index (χ3v) is 6.53. The Hall–Kier alpha value is -2.38. The second-order valence-electron chi connectivity index (χ2n) is 7.60. The Morgan fingerprint density at radius 1 is 1.13 bits per heavy atom. The van der Waals surface area contributed by atoms with Crippen molar-refractivity contribution >= 4 is 29.0 Å². The highest BCUT2D eigenvalue weighted by Gasteiger charge is 2.28. The molecule has 0 spiro atoms. The van der Waals surface area contributed by atoms with E-state index in [9.17, 15) is 9.59 Å². The summed E-state index contributed by atoms with van der Waals surface area (Å²) < 4.78 is 0. The molecule has 3 rings (SSSR count). The zero-order chi connectivity index (χ0) is 21.3. The number of nitrogens with zero attached hydrogens (tertiary/aromatic N) is 2. The van der Waals surface area contributed by atoms with Crippen LogP contribution in [0, 0.1) is 5.92 Å². The smallest absolute Gasteiger partial charge is 0.321 e. The fraction of sp³-hybridized carbons (Fsp3) is 0.478. The number of anilines is 1. The van der Waals surface area contributed by atoms with Crippen LogP contribution in [0.1, 0.15) is 38.3 Å². The maximum atomic E-state index is 12.8. The number of piperidine rings is 1. The molecular weight excluding hydrogens is 396 g/mol. The number of benzene rings is 1. The minimum Gasteiger partial charge on any atom is -0.354 e. The van der Waals surface area contributed by atoms with E-state index in [-0.39, 0.29) is 23.9 Å². The number of amides is 3. The topological polar surface area (TPSA) is 64.7 Å². The minimum absolute atomic E-state index is 0.0365. The lowest BCUT2D eigenvalue weighted by molar-refractivity contribution is -0.126. The standard InChI is InChI=1S/C23H32N4O2S/c1-3-26(4-2)21(19-12-15-30-17-19)16-24-22(28)18-10-13-27(14-11-18)23(29)25-20-8-6-5-7-9-20/h5-9,12,15,17-18,21H,3-4,10-11,13-14,16H2,1-2H3,(H,24,28)(H,25,29). The Morgan fingerprint density at radius 2 is 1.83 bits per heavy atom. The van der Waals surface area contributed by atoms with Gasteiger partial charge < -0.3 is 15.5 Å². The van der Waals surface area contributed by atoms with Crippen molar-refractivity contribution in [3.05, 3.63) is 52.7 Å². The van der Waals surface area contributed by atoms with Gasteiger partial charge in [-0.05, 0) is 60.5 Å². The number of likely N-dealkylation sites (N-methyl/N-ethyl adjacent to an activating group) is 1. The van der Waals surface area contributed by atoms with Crippen LogP contribution >= 0.6 is 11.3 Å². The molecule has 1 unspecified atom stereocenters. The molecular formula is C23H32N4O2S. The molecule has 7 heteroatoms. The summed E-state index contributed by atoms with van der Waals surface area (Å²) in [5.74, 6) is 0.0658. The summed E-state index contributed by atoms with van der Waals surface area (Å²) in [4.78, 5) is 29.4. The first kappa shape index (κ1) is 22.3. The summed E-state index contributed by atoms with van der Waals surface area (Å²) in [6, 6.07) is 11.7. The van der Waals surface area contributed by atoms with Gasteiger partial charge in [0.15, 0.2) is 0 Å². The van der Waals surface area contributed by atoms with E-state index >= 15 is 0 Å². The van der Waals surface area contributed by atoms with Gasteiger partial charge in [0.2, 0.25) is 5.91 Å². The second-order valence-corrected chi connectivity index (χ2v) is 8.38. The average molecular weight is 429 g/mol. The van der Waals surface area contributed by atoms with E-state index in [1.807, 2.05) is 30.3 Å². The van der Waals surface area contributed by atoms with Crippen LogP contribution in [-0.4, -0.2) is 54.5 Å². The molecule has 162 valence electrons. The minimum atomic E-state index is -0.0980. The molecule has 1 atom stereocenters. The van der Waals surface area contributed by atoms with Crippen molar-refractivity contribution in [3.8, 4) is 0 Å². The van der Waals surface area contributed by atoms with Crippen molar-refractivity contribution in [1.29, 1.82) is 0 Å². The molecule has 2 N–H and O–H groups in total. The van der Waals surface area contributed by atoms with Gasteiger partial charge >= 0.3 is 6.03 Å². The van der Waals surface area contributed by atoms with Crippen LogP contribution in [0.15, 0.2) is 47.2 Å². The number of rotatable bonds is 8. The van der Waals surface area contributed by atoms with Crippen LogP contribution < -0.4 is 10.6 Å². The fourth-order valence-corrected chi connectivity index (χ4v) is 4.70. The Morgan fingerprint density at radius 3 is 2.43 bits per heavy atom. The molecule has 0 aliphatic carbocycles. The monoisotopic (exact) mass is 428 g/mol. The number of hydrogen-bond donors (Lipinski definition) is 2. The number of carbonyl (C=O) groups excluding carboxylic acids is 2. The summed E-state index contributed by atoms with van der Waals surface area (Å²) in [5.41, 5.74) is 2.05. The van der Waals surface area contributed by atoms with Gasteiger partial charge in [-0.2, -0.15) is 11.3 Å². The summed E-state index contributed by atoms with van der Waals surface area (Å²) in [6.45, 7) is 8.01. The largest absolute Gasteiger partial charge is 0.354 e. The summed E-state index contributed by atoms with van der Waals surface area (Å²) in [7, 11) is 0. The van der Waals surface area contributed by atoms with Crippen LogP contribution in [0.5, 0.6) is 0 Å². The number of para-hydroxylation sites is 1. The molecule has 1 aromatic heterocycles. The van der Waals surface area contributed by atoms with Crippen LogP contribution in [0.4, 0.5) is 10.5 Å². The lowest BCUT2D eigenvalue weighted by atomic mass is 9.96. The Kier molecular flexibility index (Phi) is 8.28. The summed E-state index contributed by atoms with van der Waals surface area (Å²) in [6.07, 6.45) is 1.39. The van der Waals surface area contributed by atoms with Gasteiger partial charge in [0.25, 0.3) is 0 Å². The summed E-state index contributed by atoms with van der Waals surface area (Å²) >= 11 is 1.69. The molecule has 1 fully saturated rings. The maximum Gasteiger partial charge on any atom is 0.321 e. The normalized spacial score (nSPS) is 15.8.